The quantitative estimate of drug-likeness (QED) is 0.547. The first-order valence-corrected chi connectivity index (χ1v) is 7.07. The summed E-state index contributed by atoms with van der Waals surface area (Å²) in [6, 6.07) is 17.1. The summed E-state index contributed by atoms with van der Waals surface area (Å²) in [7, 11) is 3.80. The van der Waals surface area contributed by atoms with Crippen molar-refractivity contribution in [2.45, 2.75) is 0 Å². The van der Waals surface area contributed by atoms with Crippen LogP contribution < -0.4 is 0 Å². The molecule has 0 spiro atoms. The van der Waals surface area contributed by atoms with E-state index in [1.54, 1.807) is 6.33 Å². The predicted octanol–water partition coefficient (Wildman–Crippen LogP) is 3.28. The lowest BCUT2D eigenvalue weighted by Gasteiger charge is -2.13. The van der Waals surface area contributed by atoms with E-state index in [4.69, 9.17) is 0 Å². The standard InChI is InChI=1S/C18H17N3O/c1-20(2)12-17(18(22)14-8-4-3-5-9-14)21-13-19-15-10-6-7-11-16(15)21/h3-13H,1-2H3/b17-12+. The summed E-state index contributed by atoms with van der Waals surface area (Å²) in [4.78, 5) is 19.1. The second-order valence-electron chi connectivity index (χ2n) is 5.28. The van der Waals surface area contributed by atoms with Gasteiger partial charge in [-0.3, -0.25) is 9.36 Å². The lowest BCUT2D eigenvalue weighted by atomic mass is 10.1. The molecule has 110 valence electrons. The highest BCUT2D eigenvalue weighted by molar-refractivity contribution is 6.25. The third kappa shape index (κ3) is 2.63. The smallest absolute Gasteiger partial charge is 0.211 e. The number of Topliss-reactive ketones (excluding diaryl/α,β-unsaturated/α-hetero) is 1. The Kier molecular flexibility index (Phi) is 3.74. The summed E-state index contributed by atoms with van der Waals surface area (Å²) < 4.78 is 1.84. The molecule has 0 aliphatic heterocycles. The highest BCUT2D eigenvalue weighted by Crippen LogP contribution is 2.20. The highest BCUT2D eigenvalue weighted by Gasteiger charge is 2.16. The van der Waals surface area contributed by atoms with E-state index in [2.05, 4.69) is 4.98 Å². The van der Waals surface area contributed by atoms with Crippen LogP contribution in [0, 0.1) is 0 Å². The van der Waals surface area contributed by atoms with Gasteiger partial charge in [-0.05, 0) is 12.1 Å². The molecule has 0 N–H and O–H groups in total. The van der Waals surface area contributed by atoms with E-state index in [0.717, 1.165) is 11.0 Å². The number of benzene rings is 2. The summed E-state index contributed by atoms with van der Waals surface area (Å²) >= 11 is 0. The molecular weight excluding hydrogens is 274 g/mol. The molecule has 3 aromatic rings. The molecule has 0 amide bonds. The Bertz CT molecular complexity index is 832. The Morgan fingerprint density at radius 2 is 1.73 bits per heavy atom. The first-order valence-electron chi connectivity index (χ1n) is 7.07. The van der Waals surface area contributed by atoms with Crippen LogP contribution in [-0.4, -0.2) is 34.3 Å². The van der Waals surface area contributed by atoms with Crippen LogP contribution in [0.3, 0.4) is 0 Å². The number of carbonyl (C=O) groups is 1. The third-order valence-corrected chi connectivity index (χ3v) is 3.36. The number of carbonyl (C=O) groups excluding carboxylic acids is 1. The van der Waals surface area contributed by atoms with Gasteiger partial charge in [-0.2, -0.15) is 0 Å². The van der Waals surface area contributed by atoms with Crippen LogP contribution in [0.25, 0.3) is 16.7 Å². The first kappa shape index (κ1) is 14.1. The molecule has 0 saturated carbocycles. The van der Waals surface area contributed by atoms with E-state index < -0.39 is 0 Å². The van der Waals surface area contributed by atoms with Gasteiger partial charge in [0.05, 0.1) is 11.0 Å². The molecule has 0 radical (unpaired) electrons. The molecule has 0 unspecified atom stereocenters. The van der Waals surface area contributed by atoms with Crippen LogP contribution in [0.15, 0.2) is 67.1 Å². The summed E-state index contributed by atoms with van der Waals surface area (Å²) in [6.45, 7) is 0. The Labute approximate surface area is 129 Å². The maximum atomic E-state index is 12.9. The Morgan fingerprint density at radius 3 is 2.45 bits per heavy atom. The number of para-hydroxylation sites is 2. The van der Waals surface area contributed by atoms with Gasteiger partial charge in [0.1, 0.15) is 12.0 Å². The van der Waals surface area contributed by atoms with Crippen molar-refractivity contribution in [2.24, 2.45) is 0 Å². The van der Waals surface area contributed by atoms with Crippen LogP contribution in [0.1, 0.15) is 10.4 Å². The highest BCUT2D eigenvalue weighted by atomic mass is 16.1. The SMILES string of the molecule is CN(C)/C=C(\C(=O)c1ccccc1)n1cnc2ccccc21. The number of aromatic nitrogens is 2. The average Bonchev–Trinajstić information content (AvgIpc) is 2.96. The monoisotopic (exact) mass is 291 g/mol. The van der Waals surface area contributed by atoms with Crippen molar-refractivity contribution in [2.75, 3.05) is 14.1 Å². The normalized spacial score (nSPS) is 11.6. The van der Waals surface area contributed by atoms with Gasteiger partial charge in [0.2, 0.25) is 5.78 Å². The summed E-state index contributed by atoms with van der Waals surface area (Å²) in [5.74, 6) is -0.0301. The number of allylic oxidation sites excluding steroid dienone is 1. The molecule has 4 heteroatoms. The van der Waals surface area contributed by atoms with Gasteiger partial charge in [0, 0.05) is 25.9 Å². The zero-order chi connectivity index (χ0) is 15.5. The van der Waals surface area contributed by atoms with Crippen molar-refractivity contribution >= 4 is 22.5 Å². The molecule has 1 aromatic heterocycles. The minimum Gasteiger partial charge on any atom is -0.382 e. The van der Waals surface area contributed by atoms with Crippen LogP contribution in [0.2, 0.25) is 0 Å². The Morgan fingerprint density at radius 1 is 1.05 bits per heavy atom. The lowest BCUT2D eigenvalue weighted by molar-refractivity contribution is 0.105. The summed E-state index contributed by atoms with van der Waals surface area (Å²) in [5, 5.41) is 0. The average molecular weight is 291 g/mol. The maximum Gasteiger partial charge on any atom is 0.211 e. The lowest BCUT2D eigenvalue weighted by Crippen LogP contribution is -2.13. The molecule has 2 aromatic carbocycles. The molecule has 1 heterocycles. The summed E-state index contributed by atoms with van der Waals surface area (Å²) in [6.07, 6.45) is 3.52. The third-order valence-electron chi connectivity index (χ3n) is 3.36. The minimum atomic E-state index is -0.0301. The second-order valence-corrected chi connectivity index (χ2v) is 5.28. The van der Waals surface area contributed by atoms with Crippen molar-refractivity contribution in [3.8, 4) is 0 Å². The van der Waals surface area contributed by atoms with E-state index in [9.17, 15) is 4.79 Å². The fraction of sp³-hybridized carbons (Fsp3) is 0.111. The second kappa shape index (κ2) is 5.85. The zero-order valence-electron chi connectivity index (χ0n) is 12.6. The van der Waals surface area contributed by atoms with E-state index in [-0.39, 0.29) is 5.78 Å². The van der Waals surface area contributed by atoms with Gasteiger partial charge in [-0.25, -0.2) is 4.98 Å². The molecule has 3 rings (SSSR count). The predicted molar refractivity (Wildman–Crippen MR) is 88.5 cm³/mol. The molecule has 0 bridgehead atoms. The fourth-order valence-electron chi connectivity index (χ4n) is 2.36. The number of hydrogen-bond donors (Lipinski definition) is 0. The first-order chi connectivity index (χ1) is 10.7. The van der Waals surface area contributed by atoms with Crippen LogP contribution >= 0.6 is 0 Å². The summed E-state index contributed by atoms with van der Waals surface area (Å²) in [5.41, 5.74) is 3.02. The van der Waals surface area contributed by atoms with Crippen molar-refractivity contribution in [1.29, 1.82) is 0 Å². The topological polar surface area (TPSA) is 38.1 Å². The molecule has 0 saturated heterocycles. The van der Waals surface area contributed by atoms with E-state index in [1.165, 1.54) is 0 Å². The van der Waals surface area contributed by atoms with E-state index in [0.29, 0.717) is 11.3 Å². The zero-order valence-corrected chi connectivity index (χ0v) is 12.6. The van der Waals surface area contributed by atoms with E-state index in [1.807, 2.05) is 84.4 Å². The number of hydrogen-bond acceptors (Lipinski definition) is 3. The maximum absolute atomic E-state index is 12.9. The largest absolute Gasteiger partial charge is 0.382 e. The van der Waals surface area contributed by atoms with Gasteiger partial charge in [-0.15, -0.1) is 0 Å². The van der Waals surface area contributed by atoms with Gasteiger partial charge in [0.15, 0.2) is 0 Å². The van der Waals surface area contributed by atoms with Crippen LogP contribution in [0.5, 0.6) is 0 Å². The molecule has 0 fully saturated rings. The Balaban J connectivity index is 2.14. The fourth-order valence-corrected chi connectivity index (χ4v) is 2.36. The van der Waals surface area contributed by atoms with Crippen molar-refractivity contribution < 1.29 is 4.79 Å². The number of ketones is 1. The van der Waals surface area contributed by atoms with Crippen molar-refractivity contribution in [3.63, 3.8) is 0 Å². The van der Waals surface area contributed by atoms with Gasteiger partial charge in [0.25, 0.3) is 0 Å². The molecular formula is C18H17N3O. The number of nitrogens with zero attached hydrogens (tertiary/aromatic N) is 3. The van der Waals surface area contributed by atoms with Crippen molar-refractivity contribution in [1.82, 2.24) is 14.5 Å². The minimum absolute atomic E-state index is 0.0301. The number of imidazole rings is 1. The number of fused-ring (bicyclic) bond motifs is 1. The molecule has 0 atom stereocenters. The Hall–Kier alpha value is -2.88. The molecule has 0 aliphatic carbocycles. The van der Waals surface area contributed by atoms with Crippen LogP contribution in [-0.2, 0) is 0 Å². The van der Waals surface area contributed by atoms with Crippen LogP contribution in [0.4, 0.5) is 0 Å². The van der Waals surface area contributed by atoms with Crippen molar-refractivity contribution in [3.05, 3.63) is 72.7 Å². The number of rotatable bonds is 4. The van der Waals surface area contributed by atoms with Gasteiger partial charge < -0.3 is 4.90 Å². The van der Waals surface area contributed by atoms with Gasteiger partial charge >= 0.3 is 0 Å². The van der Waals surface area contributed by atoms with Gasteiger partial charge in [-0.1, -0.05) is 42.5 Å². The van der Waals surface area contributed by atoms with E-state index >= 15 is 0 Å². The molecule has 4 nitrogen and oxygen atoms in total. The molecule has 22 heavy (non-hydrogen) atoms. The molecule has 0 aliphatic rings.